The van der Waals surface area contributed by atoms with Crippen LogP contribution < -0.4 is 9.46 Å². The van der Waals surface area contributed by atoms with Crippen molar-refractivity contribution in [3.63, 3.8) is 0 Å². The van der Waals surface area contributed by atoms with E-state index in [1.54, 1.807) is 0 Å². The molecule has 8 atom stereocenters. The molecule has 4 aliphatic carbocycles. The van der Waals surface area contributed by atoms with Crippen molar-refractivity contribution < 1.29 is 14.3 Å². The van der Waals surface area contributed by atoms with E-state index in [2.05, 4.69) is 45.4 Å². The second-order valence-electron chi connectivity index (χ2n) is 15.2. The van der Waals surface area contributed by atoms with Crippen LogP contribution in [0.4, 0.5) is 4.79 Å². The van der Waals surface area contributed by atoms with Crippen LogP contribution in [0.15, 0.2) is 23.1 Å². The average Bonchev–Trinajstić information content (AvgIpc) is 3.27. The van der Waals surface area contributed by atoms with Crippen molar-refractivity contribution in [2.75, 3.05) is 6.61 Å². The summed E-state index contributed by atoms with van der Waals surface area (Å²) in [5, 5.41) is 0. The number of hydrogen-bond donors (Lipinski definition) is 1. The van der Waals surface area contributed by atoms with Crippen LogP contribution in [-0.2, 0) is 11.2 Å². The number of amides is 1. The van der Waals surface area contributed by atoms with E-state index >= 15 is 0 Å². The smallest absolute Gasteiger partial charge is 0.417 e. The first-order valence-electron chi connectivity index (χ1n) is 16.5. The minimum Gasteiger partial charge on any atom is -0.488 e. The number of carbonyl (C=O) groups is 1. The van der Waals surface area contributed by atoms with E-state index in [1.165, 1.54) is 81.7 Å². The lowest BCUT2D eigenvalue weighted by atomic mass is 9.42. The predicted molar refractivity (Wildman–Crippen MR) is 163 cm³/mol. The van der Waals surface area contributed by atoms with Gasteiger partial charge in [-0.15, -0.1) is 0 Å². The summed E-state index contributed by atoms with van der Waals surface area (Å²) in [6.45, 7) is 12.6. The molecule has 4 fully saturated rings. The Hall–Kier alpha value is -1.36. The van der Waals surface area contributed by atoms with Crippen molar-refractivity contribution in [1.82, 2.24) is 4.72 Å². The van der Waals surface area contributed by atoms with Gasteiger partial charge in [0.05, 0.1) is 6.61 Å². The van der Waals surface area contributed by atoms with Crippen molar-refractivity contribution in [2.24, 2.45) is 46.3 Å². The van der Waals surface area contributed by atoms with Crippen LogP contribution in [0.2, 0.25) is 0 Å². The second-order valence-corrected chi connectivity index (χ2v) is 16.1. The maximum atomic E-state index is 12.6. The molecule has 5 heteroatoms. The van der Waals surface area contributed by atoms with Crippen LogP contribution in [0.5, 0.6) is 5.75 Å². The van der Waals surface area contributed by atoms with E-state index in [-0.39, 0.29) is 11.7 Å². The molecule has 1 amide bonds. The van der Waals surface area contributed by atoms with E-state index in [0.29, 0.717) is 23.4 Å². The summed E-state index contributed by atoms with van der Waals surface area (Å²) in [6.07, 6.45) is 16.9. The van der Waals surface area contributed by atoms with Gasteiger partial charge in [-0.2, -0.15) is 0 Å². The number of benzene rings is 1. The molecule has 1 aliphatic heterocycles. The normalized spacial score (nSPS) is 39.6. The molecule has 0 aromatic heterocycles. The Balaban J connectivity index is 1.01. The lowest BCUT2D eigenvalue weighted by molar-refractivity contribution is -0.136. The summed E-state index contributed by atoms with van der Waals surface area (Å²) in [7, 11) is 0. The summed E-state index contributed by atoms with van der Waals surface area (Å²) in [5.41, 5.74) is 2.12. The highest BCUT2D eigenvalue weighted by atomic mass is 32.2. The van der Waals surface area contributed by atoms with Gasteiger partial charge in [-0.05, 0) is 160 Å². The fraction of sp³-hybridized carbons (Fsp3) is 0.800. The van der Waals surface area contributed by atoms with Crippen molar-refractivity contribution in [2.45, 2.75) is 129 Å². The molecule has 1 heterocycles. The Labute approximate surface area is 247 Å². The molecule has 0 bridgehead atoms. The topological polar surface area (TPSA) is 47.6 Å². The zero-order valence-corrected chi connectivity index (χ0v) is 26.5. The van der Waals surface area contributed by atoms with E-state index in [4.69, 9.17) is 9.47 Å². The van der Waals surface area contributed by atoms with Crippen molar-refractivity contribution in [3.8, 4) is 5.75 Å². The summed E-state index contributed by atoms with van der Waals surface area (Å²) in [6, 6.07) is 6.18. The molecule has 4 nitrogen and oxygen atoms in total. The molecule has 4 saturated carbocycles. The molecule has 40 heavy (non-hydrogen) atoms. The van der Waals surface area contributed by atoms with Crippen LogP contribution in [0.3, 0.4) is 0 Å². The second kappa shape index (κ2) is 11.0. The number of aryl methyl sites for hydroxylation is 1. The molecule has 1 aromatic carbocycles. The predicted octanol–water partition coefficient (Wildman–Crippen LogP) is 9.60. The summed E-state index contributed by atoms with van der Waals surface area (Å²) in [5.74, 6) is 6.29. The van der Waals surface area contributed by atoms with Gasteiger partial charge in [0.1, 0.15) is 11.4 Å². The van der Waals surface area contributed by atoms with Gasteiger partial charge in [0, 0.05) is 4.90 Å². The van der Waals surface area contributed by atoms with E-state index in [0.717, 1.165) is 59.5 Å². The monoisotopic (exact) mass is 567 g/mol. The molecule has 5 aliphatic rings. The molecular formula is C35H53NO3S. The zero-order valence-electron chi connectivity index (χ0n) is 25.7. The largest absolute Gasteiger partial charge is 0.488 e. The molecule has 0 spiro atoms. The highest BCUT2D eigenvalue weighted by molar-refractivity contribution is 7.98. The number of ether oxygens (including phenoxy) is 2. The Morgan fingerprint density at radius 3 is 2.65 bits per heavy atom. The number of carbonyl (C=O) groups excluding carboxylic acids is 1. The summed E-state index contributed by atoms with van der Waals surface area (Å²) >= 11 is 1.34. The van der Waals surface area contributed by atoms with Gasteiger partial charge >= 0.3 is 6.09 Å². The first kappa shape index (κ1) is 28.7. The molecule has 1 aromatic rings. The quantitative estimate of drug-likeness (QED) is 0.348. The van der Waals surface area contributed by atoms with Crippen LogP contribution in [0.1, 0.15) is 117 Å². The van der Waals surface area contributed by atoms with Crippen LogP contribution >= 0.6 is 11.9 Å². The minimum atomic E-state index is -0.321. The first-order chi connectivity index (χ1) is 19.1. The zero-order chi connectivity index (χ0) is 28.1. The molecular weight excluding hydrogens is 514 g/mol. The van der Waals surface area contributed by atoms with Crippen LogP contribution in [0, 0.1) is 46.3 Å². The lowest BCUT2D eigenvalue weighted by Crippen LogP contribution is -2.55. The molecule has 222 valence electrons. The molecule has 0 radical (unpaired) electrons. The van der Waals surface area contributed by atoms with Gasteiger partial charge in [-0.25, -0.2) is 4.79 Å². The van der Waals surface area contributed by atoms with Crippen molar-refractivity contribution in [1.29, 1.82) is 0 Å². The fourth-order valence-corrected chi connectivity index (χ4v) is 11.3. The van der Waals surface area contributed by atoms with E-state index in [9.17, 15) is 4.79 Å². The number of hydrogen-bond acceptors (Lipinski definition) is 4. The number of fused-ring (bicyclic) bond motifs is 6. The third-order valence-corrected chi connectivity index (χ3v) is 13.6. The molecule has 6 rings (SSSR count). The molecule has 0 saturated heterocycles. The lowest BCUT2D eigenvalue weighted by Gasteiger charge is -2.62. The maximum Gasteiger partial charge on any atom is 0.417 e. The average molecular weight is 568 g/mol. The minimum absolute atomic E-state index is 0.107. The van der Waals surface area contributed by atoms with E-state index < -0.39 is 0 Å². The number of rotatable bonds is 6. The molecule has 6 unspecified atom stereocenters. The van der Waals surface area contributed by atoms with Gasteiger partial charge in [0.15, 0.2) is 0 Å². The Kier molecular flexibility index (Phi) is 7.94. The summed E-state index contributed by atoms with van der Waals surface area (Å²) in [4.78, 5) is 13.6. The molecule has 1 N–H and O–H groups in total. The van der Waals surface area contributed by atoms with Gasteiger partial charge in [0.25, 0.3) is 0 Å². The third-order valence-electron chi connectivity index (χ3n) is 12.8. The van der Waals surface area contributed by atoms with Crippen LogP contribution in [-0.4, -0.2) is 18.3 Å². The Morgan fingerprint density at radius 1 is 1.00 bits per heavy atom. The fourth-order valence-electron chi connectivity index (χ4n) is 10.7. The summed E-state index contributed by atoms with van der Waals surface area (Å²) < 4.78 is 14.7. The first-order valence-corrected chi connectivity index (χ1v) is 17.4. The van der Waals surface area contributed by atoms with Crippen molar-refractivity contribution >= 4 is 18.0 Å². The van der Waals surface area contributed by atoms with Crippen LogP contribution in [0.25, 0.3) is 0 Å². The highest BCUT2D eigenvalue weighted by Crippen LogP contribution is 2.69. The van der Waals surface area contributed by atoms with Gasteiger partial charge in [0.2, 0.25) is 0 Å². The SMILES string of the molecule is CC[C@H]1CC2C3CCC(CCOC(=O)NSc4ccc5c(c4)CCC(C)(C)O5)C3(C)CC[C@@H]2C2(C)CCCCC12. The third kappa shape index (κ3) is 5.20. The Bertz CT molecular complexity index is 1090. The number of nitrogens with one attached hydrogen (secondary N) is 1. The van der Waals surface area contributed by atoms with Gasteiger partial charge < -0.3 is 9.47 Å². The van der Waals surface area contributed by atoms with E-state index in [1.807, 2.05) is 12.1 Å². The van der Waals surface area contributed by atoms with Gasteiger partial charge in [-0.3, -0.25) is 4.72 Å². The highest BCUT2D eigenvalue weighted by Gasteiger charge is 2.61. The van der Waals surface area contributed by atoms with Crippen molar-refractivity contribution in [3.05, 3.63) is 23.8 Å². The standard InChI is InChI=1S/C35H53NO3S/c1-6-23-22-27-29-12-10-25(34(29,4)19-15-30(27)35(5)17-8-7-9-28(23)35)16-20-38-32(37)36-40-26-11-13-31-24(21-26)14-18-33(2,3)39-31/h11,13,21,23,25,27-30H,6-10,12,14-20,22H2,1-5H3,(H,36,37)/t23-,25?,27?,28?,29?,30-,34?,35?/m0/s1. The Morgan fingerprint density at radius 2 is 1.82 bits per heavy atom. The van der Waals surface area contributed by atoms with Gasteiger partial charge in [-0.1, -0.05) is 40.0 Å². The maximum absolute atomic E-state index is 12.6.